The molecule has 1 unspecified atom stereocenters. The van der Waals surface area contributed by atoms with Gasteiger partial charge in [0.25, 0.3) is 0 Å². The number of carbonyl (C=O) groups excluding carboxylic acids is 1. The molecule has 4 heteroatoms. The molecule has 0 saturated heterocycles. The minimum Gasteiger partial charge on any atom is -0.325 e. The number of fused-ring (bicyclic) bond motifs is 1. The van der Waals surface area contributed by atoms with Crippen molar-refractivity contribution < 1.29 is 4.79 Å². The highest BCUT2D eigenvalue weighted by atomic mass is 35.5. The molecule has 3 N–H and O–H groups in total. The van der Waals surface area contributed by atoms with Crippen molar-refractivity contribution in [1.82, 2.24) is 0 Å². The first-order chi connectivity index (χ1) is 7.00. The van der Waals surface area contributed by atoms with Gasteiger partial charge in [0.05, 0.1) is 11.4 Å². The van der Waals surface area contributed by atoms with Crippen LogP contribution < -0.4 is 11.1 Å². The molecule has 15 heavy (non-hydrogen) atoms. The summed E-state index contributed by atoms with van der Waals surface area (Å²) in [5.41, 5.74) is 9.49. The first kappa shape index (κ1) is 10.5. The van der Waals surface area contributed by atoms with Crippen LogP contribution in [0.3, 0.4) is 0 Å². The maximum Gasteiger partial charge on any atom is 0.228 e. The Morgan fingerprint density at radius 1 is 1.60 bits per heavy atom. The lowest BCUT2D eigenvalue weighted by Gasteiger charge is -2.14. The van der Waals surface area contributed by atoms with Crippen LogP contribution in [0.15, 0.2) is 6.07 Å². The van der Waals surface area contributed by atoms with Crippen molar-refractivity contribution in [3.05, 3.63) is 27.8 Å². The van der Waals surface area contributed by atoms with Gasteiger partial charge in [-0.1, -0.05) is 17.7 Å². The standard InChI is InChI=1S/C11H13ClN2O/c1-5-10(12)8(6(2)13)3-7-4-9(15)14-11(5)7/h3,6H,4,13H2,1-2H3,(H,14,15). The Morgan fingerprint density at radius 2 is 2.27 bits per heavy atom. The largest absolute Gasteiger partial charge is 0.325 e. The monoisotopic (exact) mass is 224 g/mol. The lowest BCUT2D eigenvalue weighted by Crippen LogP contribution is -2.07. The fraction of sp³-hybridized carbons (Fsp3) is 0.364. The van der Waals surface area contributed by atoms with Gasteiger partial charge in [-0.25, -0.2) is 0 Å². The van der Waals surface area contributed by atoms with E-state index in [4.69, 9.17) is 17.3 Å². The lowest BCUT2D eigenvalue weighted by molar-refractivity contribution is -0.115. The van der Waals surface area contributed by atoms with Crippen LogP contribution in [0.1, 0.15) is 29.7 Å². The molecule has 1 aliphatic heterocycles. The number of hydrogen-bond acceptors (Lipinski definition) is 2. The van der Waals surface area contributed by atoms with Gasteiger partial charge in [0, 0.05) is 11.7 Å². The van der Waals surface area contributed by atoms with Crippen molar-refractivity contribution in [1.29, 1.82) is 0 Å². The van der Waals surface area contributed by atoms with Crippen LogP contribution in [-0.4, -0.2) is 5.91 Å². The fourth-order valence-electron chi connectivity index (χ4n) is 1.89. The molecule has 1 aromatic rings. The molecule has 0 bridgehead atoms. The van der Waals surface area contributed by atoms with Gasteiger partial charge in [-0.3, -0.25) is 4.79 Å². The maximum absolute atomic E-state index is 11.3. The average Bonchev–Trinajstić information content (AvgIpc) is 2.52. The van der Waals surface area contributed by atoms with Crippen LogP contribution in [0.25, 0.3) is 0 Å². The number of amides is 1. The number of nitrogens with one attached hydrogen (secondary N) is 1. The zero-order valence-corrected chi connectivity index (χ0v) is 9.48. The molecule has 3 nitrogen and oxygen atoms in total. The van der Waals surface area contributed by atoms with E-state index < -0.39 is 0 Å². The van der Waals surface area contributed by atoms with Crippen LogP contribution in [0.4, 0.5) is 5.69 Å². The average molecular weight is 225 g/mol. The molecule has 0 aromatic heterocycles. The topological polar surface area (TPSA) is 55.1 Å². The quantitative estimate of drug-likeness (QED) is 0.768. The predicted octanol–water partition coefficient (Wildman–Crippen LogP) is 2.16. The van der Waals surface area contributed by atoms with E-state index in [0.717, 1.165) is 22.4 Å². The number of rotatable bonds is 1. The highest BCUT2D eigenvalue weighted by Crippen LogP contribution is 2.36. The first-order valence-corrected chi connectivity index (χ1v) is 5.25. The minimum atomic E-state index is -0.114. The van der Waals surface area contributed by atoms with Crippen molar-refractivity contribution >= 4 is 23.2 Å². The zero-order valence-electron chi connectivity index (χ0n) is 8.73. The van der Waals surface area contributed by atoms with Gasteiger partial charge in [0.2, 0.25) is 5.91 Å². The van der Waals surface area contributed by atoms with Crippen molar-refractivity contribution in [3.8, 4) is 0 Å². The van der Waals surface area contributed by atoms with E-state index in [1.807, 2.05) is 19.9 Å². The Hall–Kier alpha value is -1.06. The fourth-order valence-corrected chi connectivity index (χ4v) is 2.21. The second-order valence-electron chi connectivity index (χ2n) is 3.95. The molecule has 1 aromatic carbocycles. The van der Waals surface area contributed by atoms with Crippen LogP contribution in [0.5, 0.6) is 0 Å². The third-order valence-corrected chi connectivity index (χ3v) is 3.22. The summed E-state index contributed by atoms with van der Waals surface area (Å²) in [6.07, 6.45) is 0.424. The van der Waals surface area contributed by atoms with Crippen molar-refractivity contribution in [2.75, 3.05) is 5.32 Å². The molecule has 0 aliphatic carbocycles. The molecule has 2 rings (SSSR count). The summed E-state index contributed by atoms with van der Waals surface area (Å²) in [5, 5.41) is 3.47. The van der Waals surface area contributed by atoms with Gasteiger partial charge in [-0.05, 0) is 30.5 Å². The second-order valence-corrected chi connectivity index (χ2v) is 4.33. The smallest absolute Gasteiger partial charge is 0.228 e. The van der Waals surface area contributed by atoms with Gasteiger partial charge in [-0.15, -0.1) is 0 Å². The van der Waals surface area contributed by atoms with Crippen LogP contribution in [-0.2, 0) is 11.2 Å². The molecular formula is C11H13ClN2O. The number of nitrogens with two attached hydrogens (primary N) is 1. The molecule has 0 spiro atoms. The summed E-state index contributed by atoms with van der Waals surface area (Å²) in [4.78, 5) is 11.3. The molecule has 1 amide bonds. The van der Waals surface area contributed by atoms with E-state index >= 15 is 0 Å². The molecule has 1 atom stereocenters. The number of anilines is 1. The summed E-state index contributed by atoms with van der Waals surface area (Å²) in [5.74, 6) is 0.0194. The van der Waals surface area contributed by atoms with Gasteiger partial charge < -0.3 is 11.1 Å². The SMILES string of the molecule is Cc1c(Cl)c(C(C)N)cc2c1NC(=O)C2. The Morgan fingerprint density at radius 3 is 2.87 bits per heavy atom. The van der Waals surface area contributed by atoms with Gasteiger partial charge in [0.15, 0.2) is 0 Å². The summed E-state index contributed by atoms with van der Waals surface area (Å²) >= 11 is 6.19. The molecule has 0 fully saturated rings. The van der Waals surface area contributed by atoms with E-state index in [1.54, 1.807) is 0 Å². The lowest BCUT2D eigenvalue weighted by atomic mass is 10.00. The van der Waals surface area contributed by atoms with Gasteiger partial charge >= 0.3 is 0 Å². The summed E-state index contributed by atoms with van der Waals surface area (Å²) in [6.45, 7) is 3.79. The van der Waals surface area contributed by atoms with E-state index in [1.165, 1.54) is 0 Å². The molecule has 0 radical (unpaired) electrons. The number of benzene rings is 1. The molecule has 0 saturated carbocycles. The number of hydrogen-bond donors (Lipinski definition) is 2. The Bertz CT molecular complexity index is 441. The third-order valence-electron chi connectivity index (χ3n) is 2.71. The maximum atomic E-state index is 11.3. The van der Waals surface area contributed by atoms with Crippen molar-refractivity contribution in [2.45, 2.75) is 26.3 Å². The van der Waals surface area contributed by atoms with E-state index in [0.29, 0.717) is 11.4 Å². The molecule has 1 heterocycles. The molecular weight excluding hydrogens is 212 g/mol. The number of halogens is 1. The number of carbonyl (C=O) groups is 1. The highest BCUT2D eigenvalue weighted by Gasteiger charge is 2.23. The Labute approximate surface area is 93.6 Å². The summed E-state index contributed by atoms with van der Waals surface area (Å²) in [7, 11) is 0. The normalized spacial score (nSPS) is 16.1. The first-order valence-electron chi connectivity index (χ1n) is 4.88. The van der Waals surface area contributed by atoms with E-state index in [2.05, 4.69) is 5.32 Å². The Balaban J connectivity index is 2.62. The zero-order chi connectivity index (χ0) is 11.2. The highest BCUT2D eigenvalue weighted by molar-refractivity contribution is 6.33. The van der Waals surface area contributed by atoms with Gasteiger partial charge in [0.1, 0.15) is 0 Å². The van der Waals surface area contributed by atoms with E-state index in [9.17, 15) is 4.79 Å². The van der Waals surface area contributed by atoms with Gasteiger partial charge in [-0.2, -0.15) is 0 Å². The third kappa shape index (κ3) is 1.62. The van der Waals surface area contributed by atoms with E-state index in [-0.39, 0.29) is 11.9 Å². The van der Waals surface area contributed by atoms with Crippen molar-refractivity contribution in [2.24, 2.45) is 5.73 Å². The molecule has 1 aliphatic rings. The Kier molecular flexibility index (Phi) is 2.44. The predicted molar refractivity (Wildman–Crippen MR) is 61.1 cm³/mol. The summed E-state index contributed by atoms with van der Waals surface area (Å²) in [6, 6.07) is 1.81. The minimum absolute atomic E-state index is 0.0194. The van der Waals surface area contributed by atoms with Crippen LogP contribution in [0, 0.1) is 6.92 Å². The van der Waals surface area contributed by atoms with Crippen LogP contribution in [0.2, 0.25) is 5.02 Å². The second kappa shape index (κ2) is 3.51. The van der Waals surface area contributed by atoms with Crippen LogP contribution >= 0.6 is 11.6 Å². The molecule has 80 valence electrons. The summed E-state index contributed by atoms with van der Waals surface area (Å²) < 4.78 is 0. The van der Waals surface area contributed by atoms with Crippen molar-refractivity contribution in [3.63, 3.8) is 0 Å².